The zero-order chi connectivity index (χ0) is 23.7. The molecule has 1 amide bonds. The Bertz CT molecular complexity index is 1000. The summed E-state index contributed by atoms with van der Waals surface area (Å²) in [6, 6.07) is 2.82. The Balaban J connectivity index is 1.70. The van der Waals surface area contributed by atoms with Crippen LogP contribution in [0.1, 0.15) is 38.3 Å². The Kier molecular flexibility index (Phi) is 6.65. The molecule has 0 atom stereocenters. The smallest absolute Gasteiger partial charge is 0.434 e. The zero-order valence-corrected chi connectivity index (χ0v) is 17.7. The van der Waals surface area contributed by atoms with Crippen molar-refractivity contribution < 1.29 is 37.0 Å². The normalized spacial score (nSPS) is 19.7. The maximum Gasteiger partial charge on any atom is 0.434 e. The van der Waals surface area contributed by atoms with Crippen LogP contribution in [0.5, 0.6) is 0 Å². The molecule has 1 saturated heterocycles. The first-order chi connectivity index (χ1) is 14.9. The lowest BCUT2D eigenvalue weighted by Gasteiger charge is -2.42. The molecule has 1 aliphatic heterocycles. The molecule has 12 heteroatoms. The fraction of sp³-hybridized carbons (Fsp3) is 0.550. The molecule has 1 fully saturated rings. The van der Waals surface area contributed by atoms with Gasteiger partial charge >= 0.3 is 18.0 Å². The number of benzene rings is 1. The first-order valence-electron chi connectivity index (χ1n) is 9.87. The van der Waals surface area contributed by atoms with E-state index in [1.54, 1.807) is 20.8 Å². The minimum atomic E-state index is -4.58. The van der Waals surface area contributed by atoms with Crippen LogP contribution in [0.2, 0.25) is 0 Å². The molecule has 3 rings (SSSR count). The number of hydrogen-bond acceptors (Lipinski definition) is 6. The summed E-state index contributed by atoms with van der Waals surface area (Å²) >= 11 is 0. The Morgan fingerprint density at radius 2 is 1.91 bits per heavy atom. The molecule has 0 aliphatic carbocycles. The van der Waals surface area contributed by atoms with E-state index in [2.05, 4.69) is 10.2 Å². The first kappa shape index (κ1) is 23.8. The van der Waals surface area contributed by atoms with Gasteiger partial charge in [-0.25, -0.2) is 14.7 Å². The summed E-state index contributed by atoms with van der Waals surface area (Å²) in [5, 5.41) is 15.2. The van der Waals surface area contributed by atoms with E-state index in [9.17, 15) is 27.9 Å². The summed E-state index contributed by atoms with van der Waals surface area (Å²) in [4.78, 5) is 24.0. The lowest BCUT2D eigenvalue weighted by molar-refractivity contribution is -0.209. The molecular weight excluding hydrogens is 435 g/mol. The summed E-state index contributed by atoms with van der Waals surface area (Å²) in [5.41, 5.74) is -1.30. The molecule has 0 bridgehead atoms. The predicted octanol–water partition coefficient (Wildman–Crippen LogP) is 3.50. The van der Waals surface area contributed by atoms with Crippen molar-refractivity contribution in [1.82, 2.24) is 15.1 Å². The number of nitrogens with zero attached hydrogens (tertiary/aromatic N) is 2. The van der Waals surface area contributed by atoms with Gasteiger partial charge in [-0.2, -0.15) is 13.2 Å². The van der Waals surface area contributed by atoms with E-state index < -0.39 is 41.5 Å². The molecule has 0 radical (unpaired) electrons. The zero-order valence-electron chi connectivity index (χ0n) is 17.7. The number of alkyl halides is 3. The molecule has 2 aromatic rings. The van der Waals surface area contributed by atoms with Gasteiger partial charge in [-0.3, -0.25) is 4.90 Å². The number of nitrogens with one attached hydrogen (secondary N) is 1. The molecular formula is C20H24F3N3O6. The molecule has 1 aromatic heterocycles. The molecule has 2 heterocycles. The summed E-state index contributed by atoms with van der Waals surface area (Å²) < 4.78 is 56.4. The van der Waals surface area contributed by atoms with Crippen LogP contribution in [-0.4, -0.2) is 57.4 Å². The second-order valence-electron chi connectivity index (χ2n) is 8.40. The SMILES string of the molecule is CC(C)(C)N(C(=O)O)C1COC(CCc2cc(-c3n[nH]c(=O)o3)ccc2C(F)(F)F)OC1. The van der Waals surface area contributed by atoms with E-state index in [1.165, 1.54) is 17.0 Å². The second kappa shape index (κ2) is 8.94. The number of aromatic nitrogens is 2. The van der Waals surface area contributed by atoms with Crippen molar-refractivity contribution in [1.29, 1.82) is 0 Å². The first-order valence-corrected chi connectivity index (χ1v) is 9.87. The highest BCUT2D eigenvalue weighted by Crippen LogP contribution is 2.35. The largest absolute Gasteiger partial charge is 0.465 e. The minimum absolute atomic E-state index is 0.0307. The third-order valence-corrected chi connectivity index (χ3v) is 4.99. The Hall–Kier alpha value is -2.86. The maximum absolute atomic E-state index is 13.5. The quantitative estimate of drug-likeness (QED) is 0.703. The average Bonchev–Trinajstić information content (AvgIpc) is 3.11. The van der Waals surface area contributed by atoms with Crippen LogP contribution in [-0.2, 0) is 22.1 Å². The number of carbonyl (C=O) groups is 1. The summed E-state index contributed by atoms with van der Waals surface area (Å²) in [6.45, 7) is 5.39. The van der Waals surface area contributed by atoms with Crippen LogP contribution >= 0.6 is 0 Å². The standard InChI is InChI=1S/C20H24F3N3O6/c1-19(2,3)26(18(28)29)13-9-30-15(31-10-13)7-5-11-8-12(16-24-25-17(27)32-16)4-6-14(11)20(21,22)23/h4,6,8,13,15H,5,7,9-10H2,1-3H3,(H,25,27)(H,28,29). The number of aromatic amines is 1. The van der Waals surface area contributed by atoms with Crippen molar-refractivity contribution in [2.75, 3.05) is 13.2 Å². The predicted molar refractivity (Wildman–Crippen MR) is 105 cm³/mol. The van der Waals surface area contributed by atoms with E-state index in [0.29, 0.717) is 0 Å². The van der Waals surface area contributed by atoms with Gasteiger partial charge < -0.3 is 19.0 Å². The van der Waals surface area contributed by atoms with Crippen molar-refractivity contribution in [3.63, 3.8) is 0 Å². The van der Waals surface area contributed by atoms with E-state index in [0.717, 1.165) is 6.07 Å². The van der Waals surface area contributed by atoms with Crippen molar-refractivity contribution >= 4 is 6.09 Å². The van der Waals surface area contributed by atoms with Crippen molar-refractivity contribution in [2.24, 2.45) is 0 Å². The van der Waals surface area contributed by atoms with Gasteiger partial charge in [0.05, 0.1) is 24.8 Å². The summed E-state index contributed by atoms with van der Waals surface area (Å²) in [5.74, 6) is -0.931. The van der Waals surface area contributed by atoms with Crippen LogP contribution in [0.4, 0.5) is 18.0 Å². The van der Waals surface area contributed by atoms with E-state index in [4.69, 9.17) is 13.9 Å². The van der Waals surface area contributed by atoms with Crippen LogP contribution in [0.3, 0.4) is 0 Å². The van der Waals surface area contributed by atoms with Crippen LogP contribution in [0.15, 0.2) is 27.4 Å². The summed E-state index contributed by atoms with van der Waals surface area (Å²) in [6.07, 6.45) is -6.38. The molecule has 0 unspecified atom stereocenters. The number of hydrogen-bond donors (Lipinski definition) is 2. The van der Waals surface area contributed by atoms with E-state index in [1.807, 2.05) is 0 Å². The third kappa shape index (κ3) is 5.49. The maximum atomic E-state index is 13.5. The molecule has 32 heavy (non-hydrogen) atoms. The van der Waals surface area contributed by atoms with Gasteiger partial charge in [0, 0.05) is 17.5 Å². The molecule has 2 N–H and O–H groups in total. The monoisotopic (exact) mass is 459 g/mol. The average molecular weight is 459 g/mol. The van der Waals surface area contributed by atoms with Crippen molar-refractivity contribution in [2.45, 2.75) is 57.7 Å². The van der Waals surface area contributed by atoms with Gasteiger partial charge in [0.2, 0.25) is 5.89 Å². The lowest BCUT2D eigenvalue weighted by atomic mass is 9.99. The number of ether oxygens (including phenoxy) is 2. The number of carboxylic acid groups (broad SMARTS) is 1. The fourth-order valence-corrected chi connectivity index (χ4v) is 3.68. The van der Waals surface area contributed by atoms with Crippen molar-refractivity contribution in [3.8, 4) is 11.5 Å². The van der Waals surface area contributed by atoms with E-state index in [-0.39, 0.29) is 43.1 Å². The van der Waals surface area contributed by atoms with Gasteiger partial charge in [-0.15, -0.1) is 5.10 Å². The van der Waals surface area contributed by atoms with Gasteiger partial charge in [0.25, 0.3) is 0 Å². The highest BCUT2D eigenvalue weighted by molar-refractivity contribution is 5.66. The Morgan fingerprint density at radius 3 is 2.41 bits per heavy atom. The highest BCUT2D eigenvalue weighted by atomic mass is 19.4. The number of H-pyrrole nitrogens is 1. The molecule has 1 aromatic carbocycles. The van der Waals surface area contributed by atoms with Gasteiger partial charge in [-0.05, 0) is 51.0 Å². The van der Waals surface area contributed by atoms with Crippen molar-refractivity contribution in [3.05, 3.63) is 39.9 Å². The Morgan fingerprint density at radius 1 is 1.25 bits per heavy atom. The molecule has 176 valence electrons. The minimum Gasteiger partial charge on any atom is -0.465 e. The molecule has 0 saturated carbocycles. The number of amides is 1. The number of halogens is 3. The number of aryl methyl sites for hydroxylation is 1. The molecule has 1 aliphatic rings. The Labute approximate surface area is 181 Å². The van der Waals surface area contributed by atoms with Gasteiger partial charge in [0.15, 0.2) is 6.29 Å². The topological polar surface area (TPSA) is 118 Å². The number of rotatable bonds is 5. The third-order valence-electron chi connectivity index (χ3n) is 4.99. The van der Waals surface area contributed by atoms with Crippen LogP contribution in [0, 0.1) is 0 Å². The second-order valence-corrected chi connectivity index (χ2v) is 8.40. The highest BCUT2D eigenvalue weighted by Gasteiger charge is 2.37. The van der Waals surface area contributed by atoms with Crippen LogP contribution < -0.4 is 5.76 Å². The lowest BCUT2D eigenvalue weighted by Crippen LogP contribution is -2.57. The summed E-state index contributed by atoms with van der Waals surface area (Å²) in [7, 11) is 0. The molecule has 9 nitrogen and oxygen atoms in total. The van der Waals surface area contributed by atoms with Crippen LogP contribution in [0.25, 0.3) is 11.5 Å². The fourth-order valence-electron chi connectivity index (χ4n) is 3.68. The van der Waals surface area contributed by atoms with E-state index >= 15 is 0 Å². The molecule has 0 spiro atoms. The van der Waals surface area contributed by atoms with Gasteiger partial charge in [-0.1, -0.05) is 0 Å². The van der Waals surface area contributed by atoms with Gasteiger partial charge in [0.1, 0.15) is 0 Å².